The minimum atomic E-state index is -0.491. The molecule has 0 spiro atoms. The van der Waals surface area contributed by atoms with Crippen molar-refractivity contribution in [1.82, 2.24) is 4.98 Å². The molecule has 0 bridgehead atoms. The van der Waals surface area contributed by atoms with Crippen LogP contribution in [0, 0.1) is 0 Å². The Morgan fingerprint density at radius 1 is 1.35 bits per heavy atom. The Bertz CT molecular complexity index is 494. The quantitative estimate of drug-likeness (QED) is 0.861. The fourth-order valence-corrected chi connectivity index (χ4v) is 2.20. The highest BCUT2D eigenvalue weighted by molar-refractivity contribution is 7.13. The molecular formula is C10H8N2O3S2. The van der Waals surface area contributed by atoms with E-state index in [-0.39, 0.29) is 6.61 Å². The molecule has 0 aromatic carbocycles. The zero-order chi connectivity index (χ0) is 12.1. The number of anilines is 1. The first-order valence-corrected chi connectivity index (χ1v) is 6.41. The number of thiazole rings is 1. The van der Waals surface area contributed by atoms with Crippen molar-refractivity contribution in [2.75, 3.05) is 11.9 Å². The number of nitrogens with zero attached hydrogens (tertiary/aromatic N) is 1. The Morgan fingerprint density at radius 2 is 2.24 bits per heavy atom. The van der Waals surface area contributed by atoms with Gasteiger partial charge in [0.05, 0.1) is 0 Å². The van der Waals surface area contributed by atoms with Crippen molar-refractivity contribution < 1.29 is 14.3 Å². The van der Waals surface area contributed by atoms with Crippen LogP contribution in [-0.4, -0.2) is 23.5 Å². The summed E-state index contributed by atoms with van der Waals surface area (Å²) >= 11 is 2.57. The van der Waals surface area contributed by atoms with Crippen LogP contribution in [0.3, 0.4) is 0 Å². The first-order valence-electron chi connectivity index (χ1n) is 4.65. The van der Waals surface area contributed by atoms with Gasteiger partial charge >= 0.3 is 5.97 Å². The molecule has 2 heterocycles. The molecule has 0 unspecified atom stereocenters. The number of aromatic nitrogens is 1. The summed E-state index contributed by atoms with van der Waals surface area (Å²) in [5.74, 6) is -0.890. The number of carbonyl (C=O) groups is 2. The van der Waals surface area contributed by atoms with Crippen LogP contribution in [0.4, 0.5) is 5.13 Å². The van der Waals surface area contributed by atoms with Crippen LogP contribution in [0.15, 0.2) is 29.1 Å². The predicted octanol–water partition coefficient (Wildman–Crippen LogP) is 2.00. The second-order valence-corrected chi connectivity index (χ2v) is 4.78. The van der Waals surface area contributed by atoms with Gasteiger partial charge in [-0.15, -0.1) is 22.7 Å². The predicted molar refractivity (Wildman–Crippen MR) is 65.3 cm³/mol. The average molecular weight is 268 g/mol. The summed E-state index contributed by atoms with van der Waals surface area (Å²) in [6.45, 7) is -0.309. The van der Waals surface area contributed by atoms with Crippen molar-refractivity contribution >= 4 is 39.7 Å². The van der Waals surface area contributed by atoms with Crippen LogP contribution in [0.25, 0.3) is 0 Å². The molecule has 2 rings (SSSR count). The van der Waals surface area contributed by atoms with Gasteiger partial charge in [-0.25, -0.2) is 9.78 Å². The zero-order valence-corrected chi connectivity index (χ0v) is 10.2. The van der Waals surface area contributed by atoms with Crippen molar-refractivity contribution in [3.63, 3.8) is 0 Å². The van der Waals surface area contributed by atoms with E-state index in [0.717, 1.165) is 0 Å². The number of amides is 1. The Morgan fingerprint density at radius 3 is 2.88 bits per heavy atom. The lowest BCUT2D eigenvalue weighted by atomic mass is 10.5. The molecule has 1 N–H and O–H groups in total. The molecule has 0 aliphatic rings. The Labute approximate surface area is 105 Å². The molecule has 88 valence electrons. The number of rotatable bonds is 4. The number of esters is 1. The summed E-state index contributed by atoms with van der Waals surface area (Å²) in [7, 11) is 0. The van der Waals surface area contributed by atoms with Crippen molar-refractivity contribution in [2.24, 2.45) is 0 Å². The molecule has 2 aromatic heterocycles. The van der Waals surface area contributed by atoms with E-state index in [2.05, 4.69) is 10.3 Å². The third-order valence-electron chi connectivity index (χ3n) is 1.74. The number of thiophene rings is 1. The van der Waals surface area contributed by atoms with Crippen LogP contribution in [-0.2, 0) is 9.53 Å². The SMILES string of the molecule is O=C(COC(=O)c1cccs1)Nc1nccs1. The molecule has 0 aliphatic heterocycles. The minimum Gasteiger partial charge on any atom is -0.451 e. The van der Waals surface area contributed by atoms with Gasteiger partial charge in [0.25, 0.3) is 5.91 Å². The lowest BCUT2D eigenvalue weighted by Crippen LogP contribution is -2.20. The Kier molecular flexibility index (Phi) is 3.84. The third kappa shape index (κ3) is 3.36. The third-order valence-corrected chi connectivity index (χ3v) is 3.27. The highest BCUT2D eigenvalue weighted by atomic mass is 32.1. The topological polar surface area (TPSA) is 68.3 Å². The van der Waals surface area contributed by atoms with E-state index in [0.29, 0.717) is 10.0 Å². The summed E-state index contributed by atoms with van der Waals surface area (Å²) in [6, 6.07) is 3.39. The van der Waals surface area contributed by atoms with Gasteiger partial charge in [0.1, 0.15) is 4.88 Å². The summed E-state index contributed by atoms with van der Waals surface area (Å²) in [4.78, 5) is 27.1. The number of hydrogen-bond donors (Lipinski definition) is 1. The van der Waals surface area contributed by atoms with Crippen LogP contribution in [0.1, 0.15) is 9.67 Å². The van der Waals surface area contributed by atoms with Gasteiger partial charge < -0.3 is 4.74 Å². The first-order chi connectivity index (χ1) is 8.25. The maximum Gasteiger partial charge on any atom is 0.348 e. The van der Waals surface area contributed by atoms with Gasteiger partial charge in [-0.3, -0.25) is 10.1 Å². The molecule has 5 nitrogen and oxygen atoms in total. The van der Waals surface area contributed by atoms with Crippen LogP contribution < -0.4 is 5.32 Å². The first kappa shape index (κ1) is 11.7. The lowest BCUT2D eigenvalue weighted by Gasteiger charge is -2.02. The van der Waals surface area contributed by atoms with E-state index in [1.165, 1.54) is 22.7 Å². The Hall–Kier alpha value is -1.73. The molecule has 17 heavy (non-hydrogen) atoms. The lowest BCUT2D eigenvalue weighted by molar-refractivity contribution is -0.119. The van der Waals surface area contributed by atoms with Gasteiger partial charge in [0.15, 0.2) is 11.7 Å². The zero-order valence-electron chi connectivity index (χ0n) is 8.58. The largest absolute Gasteiger partial charge is 0.451 e. The summed E-state index contributed by atoms with van der Waals surface area (Å²) < 4.78 is 4.83. The monoisotopic (exact) mass is 268 g/mol. The van der Waals surface area contributed by atoms with Crippen molar-refractivity contribution in [2.45, 2.75) is 0 Å². The molecule has 0 aliphatic carbocycles. The molecule has 2 aromatic rings. The molecule has 1 amide bonds. The van der Waals surface area contributed by atoms with E-state index in [1.54, 1.807) is 29.1 Å². The second-order valence-electron chi connectivity index (χ2n) is 2.94. The molecule has 0 saturated heterocycles. The van der Waals surface area contributed by atoms with Crippen LogP contribution >= 0.6 is 22.7 Å². The number of ether oxygens (including phenoxy) is 1. The molecule has 0 fully saturated rings. The van der Waals surface area contributed by atoms with E-state index in [9.17, 15) is 9.59 Å². The molecule has 0 atom stereocenters. The maximum absolute atomic E-state index is 11.4. The molecular weight excluding hydrogens is 260 g/mol. The van der Waals surface area contributed by atoms with Crippen LogP contribution in [0.5, 0.6) is 0 Å². The van der Waals surface area contributed by atoms with Crippen molar-refractivity contribution in [1.29, 1.82) is 0 Å². The van der Waals surface area contributed by atoms with E-state index < -0.39 is 11.9 Å². The van der Waals surface area contributed by atoms with E-state index in [1.807, 2.05) is 0 Å². The minimum absolute atomic E-state index is 0.309. The summed E-state index contributed by atoms with van der Waals surface area (Å²) in [5, 5.41) is 6.52. The highest BCUT2D eigenvalue weighted by Crippen LogP contribution is 2.11. The van der Waals surface area contributed by atoms with Gasteiger partial charge in [-0.1, -0.05) is 6.07 Å². The van der Waals surface area contributed by atoms with Gasteiger partial charge in [0.2, 0.25) is 0 Å². The fraction of sp³-hybridized carbons (Fsp3) is 0.100. The van der Waals surface area contributed by atoms with E-state index in [4.69, 9.17) is 4.74 Å². The smallest absolute Gasteiger partial charge is 0.348 e. The van der Waals surface area contributed by atoms with Gasteiger partial charge in [-0.2, -0.15) is 0 Å². The van der Waals surface area contributed by atoms with Gasteiger partial charge in [-0.05, 0) is 11.4 Å². The summed E-state index contributed by atoms with van der Waals surface area (Å²) in [6.07, 6.45) is 1.58. The molecule has 0 saturated carbocycles. The average Bonchev–Trinajstić information content (AvgIpc) is 2.97. The number of carbonyl (C=O) groups excluding carboxylic acids is 2. The fourth-order valence-electron chi connectivity index (χ4n) is 1.04. The number of hydrogen-bond acceptors (Lipinski definition) is 6. The Balaban J connectivity index is 1.79. The molecule has 0 radical (unpaired) electrons. The maximum atomic E-state index is 11.4. The van der Waals surface area contributed by atoms with E-state index >= 15 is 0 Å². The normalized spacial score (nSPS) is 9.88. The second kappa shape index (κ2) is 5.55. The van der Waals surface area contributed by atoms with Gasteiger partial charge in [0, 0.05) is 11.6 Å². The van der Waals surface area contributed by atoms with Crippen molar-refractivity contribution in [3.8, 4) is 0 Å². The summed E-state index contributed by atoms with van der Waals surface area (Å²) in [5.41, 5.74) is 0. The highest BCUT2D eigenvalue weighted by Gasteiger charge is 2.11. The van der Waals surface area contributed by atoms with Crippen molar-refractivity contribution in [3.05, 3.63) is 34.0 Å². The van der Waals surface area contributed by atoms with Crippen LogP contribution in [0.2, 0.25) is 0 Å². The molecule has 7 heteroatoms. The standard InChI is InChI=1S/C10H8N2O3S2/c13-8(12-10-11-3-5-17-10)6-15-9(14)7-2-1-4-16-7/h1-5H,6H2,(H,11,12,13). The number of nitrogens with one attached hydrogen (secondary N) is 1.